The van der Waals surface area contributed by atoms with Crippen LogP contribution in [0.1, 0.15) is 11.1 Å². The van der Waals surface area contributed by atoms with Crippen LogP contribution in [0.15, 0.2) is 49.1 Å². The molecule has 1 aliphatic heterocycles. The summed E-state index contributed by atoms with van der Waals surface area (Å²) >= 11 is 0. The molecule has 0 saturated heterocycles. The van der Waals surface area contributed by atoms with Gasteiger partial charge in [0.1, 0.15) is 5.82 Å². The summed E-state index contributed by atoms with van der Waals surface area (Å²) in [5, 5.41) is 12.0. The summed E-state index contributed by atoms with van der Waals surface area (Å²) < 4.78 is 5.05. The quantitative estimate of drug-likeness (QED) is 0.882. The van der Waals surface area contributed by atoms with Crippen molar-refractivity contribution in [3.8, 4) is 0 Å². The summed E-state index contributed by atoms with van der Waals surface area (Å²) in [5.74, 6) is 0.637. The molecule has 0 spiro atoms. The molecule has 0 aliphatic carbocycles. The third-order valence-corrected chi connectivity index (χ3v) is 3.24. The largest absolute Gasteiger partial charge is 0.380 e. The standard InChI is InChI=1S/C15H16N4O2/c1-21-10-11-4-5-14(17-7-11)19-15(20)13(9-18-19)12-3-2-6-16-8-12/h2-9,15,18,20H,10H2,1H3. The van der Waals surface area contributed by atoms with E-state index < -0.39 is 6.23 Å². The fourth-order valence-corrected chi connectivity index (χ4v) is 2.19. The van der Waals surface area contributed by atoms with Gasteiger partial charge in [-0.1, -0.05) is 12.1 Å². The van der Waals surface area contributed by atoms with Crippen LogP contribution < -0.4 is 10.4 Å². The molecule has 21 heavy (non-hydrogen) atoms. The van der Waals surface area contributed by atoms with Crippen LogP contribution in [0.3, 0.4) is 0 Å². The molecule has 2 aromatic heterocycles. The molecule has 0 amide bonds. The van der Waals surface area contributed by atoms with Gasteiger partial charge in [0.25, 0.3) is 0 Å². The molecule has 1 aliphatic rings. The monoisotopic (exact) mass is 284 g/mol. The Morgan fingerprint density at radius 2 is 2.24 bits per heavy atom. The van der Waals surface area contributed by atoms with E-state index in [0.29, 0.717) is 12.4 Å². The molecule has 1 atom stereocenters. The molecule has 3 rings (SSSR count). The van der Waals surface area contributed by atoms with Gasteiger partial charge in [-0.15, -0.1) is 0 Å². The molecule has 3 heterocycles. The van der Waals surface area contributed by atoms with Crippen LogP contribution in [0, 0.1) is 0 Å². The molecule has 2 aromatic rings. The summed E-state index contributed by atoms with van der Waals surface area (Å²) in [7, 11) is 1.64. The van der Waals surface area contributed by atoms with Crippen molar-refractivity contribution in [2.75, 3.05) is 12.1 Å². The van der Waals surface area contributed by atoms with E-state index in [1.54, 1.807) is 36.9 Å². The minimum absolute atomic E-state index is 0.516. The molecule has 0 saturated carbocycles. The molecule has 6 heteroatoms. The maximum atomic E-state index is 10.4. The van der Waals surface area contributed by atoms with Crippen LogP contribution in [0.25, 0.3) is 5.57 Å². The van der Waals surface area contributed by atoms with Crippen molar-refractivity contribution in [2.24, 2.45) is 0 Å². The Bertz CT molecular complexity index is 628. The third kappa shape index (κ3) is 2.72. The maximum Gasteiger partial charge on any atom is 0.175 e. The molecular formula is C15H16N4O2. The van der Waals surface area contributed by atoms with E-state index >= 15 is 0 Å². The third-order valence-electron chi connectivity index (χ3n) is 3.24. The van der Waals surface area contributed by atoms with Crippen LogP contribution in [-0.4, -0.2) is 28.4 Å². The Morgan fingerprint density at radius 1 is 1.33 bits per heavy atom. The van der Waals surface area contributed by atoms with E-state index in [-0.39, 0.29) is 0 Å². The van der Waals surface area contributed by atoms with Crippen molar-refractivity contribution in [2.45, 2.75) is 12.8 Å². The number of anilines is 1. The lowest BCUT2D eigenvalue weighted by atomic mass is 10.1. The predicted octanol–water partition coefficient (Wildman–Crippen LogP) is 1.31. The summed E-state index contributed by atoms with van der Waals surface area (Å²) in [6.45, 7) is 0.516. The van der Waals surface area contributed by atoms with Crippen molar-refractivity contribution in [1.29, 1.82) is 0 Å². The highest BCUT2D eigenvalue weighted by molar-refractivity contribution is 5.73. The lowest BCUT2D eigenvalue weighted by molar-refractivity contribution is 0.184. The average molecular weight is 284 g/mol. The zero-order valence-electron chi connectivity index (χ0n) is 11.6. The normalized spacial score (nSPS) is 17.5. The van der Waals surface area contributed by atoms with Gasteiger partial charge in [0.05, 0.1) is 6.61 Å². The first-order chi connectivity index (χ1) is 10.3. The predicted molar refractivity (Wildman–Crippen MR) is 78.8 cm³/mol. The number of nitrogens with one attached hydrogen (secondary N) is 1. The number of rotatable bonds is 4. The van der Waals surface area contributed by atoms with E-state index in [2.05, 4.69) is 15.4 Å². The molecule has 2 N–H and O–H groups in total. The first kappa shape index (κ1) is 13.5. The zero-order valence-corrected chi connectivity index (χ0v) is 11.6. The first-order valence-electron chi connectivity index (χ1n) is 6.57. The topological polar surface area (TPSA) is 70.5 Å². The van der Waals surface area contributed by atoms with Crippen LogP contribution in [0.4, 0.5) is 5.82 Å². The van der Waals surface area contributed by atoms with Gasteiger partial charge in [-0.3, -0.25) is 4.98 Å². The van der Waals surface area contributed by atoms with Gasteiger partial charge in [0.15, 0.2) is 6.23 Å². The van der Waals surface area contributed by atoms with E-state index in [9.17, 15) is 5.11 Å². The van der Waals surface area contributed by atoms with Gasteiger partial charge in [0, 0.05) is 43.0 Å². The number of pyridine rings is 2. The average Bonchev–Trinajstić information content (AvgIpc) is 2.91. The van der Waals surface area contributed by atoms with Gasteiger partial charge in [-0.2, -0.15) is 0 Å². The van der Waals surface area contributed by atoms with Gasteiger partial charge in [0.2, 0.25) is 0 Å². The summed E-state index contributed by atoms with van der Waals surface area (Å²) in [4.78, 5) is 8.40. The lowest BCUT2D eigenvalue weighted by Crippen LogP contribution is -2.38. The second-order valence-electron chi connectivity index (χ2n) is 4.67. The highest BCUT2D eigenvalue weighted by Crippen LogP contribution is 2.26. The number of ether oxygens (including phenoxy) is 1. The number of aliphatic hydroxyl groups is 1. The summed E-state index contributed by atoms with van der Waals surface area (Å²) in [6.07, 6.45) is 6.10. The van der Waals surface area contributed by atoms with Gasteiger partial charge < -0.3 is 15.3 Å². The van der Waals surface area contributed by atoms with Crippen molar-refractivity contribution in [3.63, 3.8) is 0 Å². The molecule has 1 unspecified atom stereocenters. The molecule has 0 fully saturated rings. The Kier molecular flexibility index (Phi) is 3.81. The molecular weight excluding hydrogens is 268 g/mol. The first-order valence-corrected chi connectivity index (χ1v) is 6.57. The number of aromatic nitrogens is 2. The van der Waals surface area contributed by atoms with Gasteiger partial charge in [-0.25, -0.2) is 9.99 Å². The van der Waals surface area contributed by atoms with Crippen molar-refractivity contribution < 1.29 is 9.84 Å². The molecule has 6 nitrogen and oxygen atoms in total. The van der Waals surface area contributed by atoms with Gasteiger partial charge >= 0.3 is 0 Å². The summed E-state index contributed by atoms with van der Waals surface area (Å²) in [6, 6.07) is 7.50. The lowest BCUT2D eigenvalue weighted by Gasteiger charge is -2.23. The molecule has 0 aromatic carbocycles. The zero-order chi connectivity index (χ0) is 14.7. The molecule has 108 valence electrons. The number of hydrogen-bond acceptors (Lipinski definition) is 6. The number of methoxy groups -OCH3 is 1. The van der Waals surface area contributed by atoms with Crippen molar-refractivity contribution >= 4 is 11.4 Å². The van der Waals surface area contributed by atoms with Crippen LogP contribution >= 0.6 is 0 Å². The fraction of sp³-hybridized carbons (Fsp3) is 0.200. The SMILES string of the molecule is COCc1ccc(N2NC=C(c3cccnc3)C2O)nc1. The maximum absolute atomic E-state index is 10.4. The summed E-state index contributed by atoms with van der Waals surface area (Å²) in [5.41, 5.74) is 5.63. The Hall–Kier alpha value is -2.44. The van der Waals surface area contributed by atoms with E-state index in [1.807, 2.05) is 24.3 Å². The van der Waals surface area contributed by atoms with Crippen LogP contribution in [0.5, 0.6) is 0 Å². The van der Waals surface area contributed by atoms with E-state index in [1.165, 1.54) is 0 Å². The number of nitrogens with zero attached hydrogens (tertiary/aromatic N) is 3. The highest BCUT2D eigenvalue weighted by Gasteiger charge is 2.27. The van der Waals surface area contributed by atoms with Gasteiger partial charge in [-0.05, 0) is 17.7 Å². The Labute approximate surface area is 122 Å². The minimum atomic E-state index is -0.810. The second kappa shape index (κ2) is 5.90. The van der Waals surface area contributed by atoms with Crippen LogP contribution in [-0.2, 0) is 11.3 Å². The number of aliphatic hydroxyl groups excluding tert-OH is 1. The molecule has 0 radical (unpaired) electrons. The smallest absolute Gasteiger partial charge is 0.175 e. The van der Waals surface area contributed by atoms with Crippen molar-refractivity contribution in [3.05, 3.63) is 60.2 Å². The second-order valence-corrected chi connectivity index (χ2v) is 4.67. The minimum Gasteiger partial charge on any atom is -0.380 e. The van der Waals surface area contributed by atoms with Crippen LogP contribution in [0.2, 0.25) is 0 Å². The highest BCUT2D eigenvalue weighted by atomic mass is 16.5. The number of hydrogen-bond donors (Lipinski definition) is 2. The Balaban J connectivity index is 1.77. The fourth-order valence-electron chi connectivity index (χ4n) is 2.19. The number of hydrazine groups is 1. The van der Waals surface area contributed by atoms with Crippen molar-refractivity contribution in [1.82, 2.24) is 15.4 Å². The van der Waals surface area contributed by atoms with E-state index in [0.717, 1.165) is 16.7 Å². The van der Waals surface area contributed by atoms with E-state index in [4.69, 9.17) is 4.74 Å². The molecule has 0 bridgehead atoms. The Morgan fingerprint density at radius 3 is 2.90 bits per heavy atom.